The fourth-order valence-corrected chi connectivity index (χ4v) is 3.47. The van der Waals surface area contributed by atoms with Crippen molar-refractivity contribution in [2.45, 2.75) is 13.1 Å². The third-order valence-electron chi connectivity index (χ3n) is 5.86. The minimum Gasteiger partial charge on any atom is -0.412 e. The van der Waals surface area contributed by atoms with E-state index < -0.39 is 46.3 Å². The lowest BCUT2D eigenvalue weighted by Crippen LogP contribution is -2.25. The van der Waals surface area contributed by atoms with Crippen LogP contribution >= 0.6 is 0 Å². The maximum absolute atomic E-state index is 13.2. The summed E-state index contributed by atoms with van der Waals surface area (Å²) in [7, 11) is 0. The molecule has 47 heavy (non-hydrogen) atoms. The molecule has 0 radical (unpaired) electrons. The molecule has 0 atom stereocenters. The van der Waals surface area contributed by atoms with Crippen molar-refractivity contribution in [2.75, 3.05) is 24.6 Å². The maximum Gasteiger partial charge on any atom is 0.349 e. The molecule has 0 spiro atoms. The van der Waals surface area contributed by atoms with Crippen LogP contribution in [0.3, 0.4) is 0 Å². The number of benzene rings is 2. The number of carbonyl (C=O) groups excluding carboxylic acids is 2. The standard InChI is InChI=1S/2C15H14F2N4O2.H2O/c2*16-11-5-3-10(4-6-11)14(22)19-7-1-2-8-21-9-12(17)13(18)20-15(21)23;/h2*1-6,9H,7-8H2,(H,19,22)(H2,18,20,23);1H2/b2*2-1-;. The monoisotopic (exact) mass is 658 g/mol. The van der Waals surface area contributed by atoms with Gasteiger partial charge in [-0.25, -0.2) is 27.2 Å². The fraction of sp³-hybridized carbons (Fsp3) is 0.133. The van der Waals surface area contributed by atoms with E-state index in [1.165, 1.54) is 48.5 Å². The molecule has 0 unspecified atom stereocenters. The first-order valence-electron chi connectivity index (χ1n) is 13.4. The van der Waals surface area contributed by atoms with Crippen molar-refractivity contribution in [1.29, 1.82) is 0 Å². The molecule has 248 valence electrons. The highest BCUT2D eigenvalue weighted by molar-refractivity contribution is 5.94. The topological polar surface area (TPSA) is 212 Å². The summed E-state index contributed by atoms with van der Waals surface area (Å²) in [6.07, 6.45) is 8.27. The van der Waals surface area contributed by atoms with E-state index in [0.29, 0.717) is 11.1 Å². The predicted molar refractivity (Wildman–Crippen MR) is 165 cm³/mol. The van der Waals surface area contributed by atoms with Crippen molar-refractivity contribution < 1.29 is 32.6 Å². The van der Waals surface area contributed by atoms with Gasteiger partial charge in [-0.1, -0.05) is 24.3 Å². The number of hydrogen-bond donors (Lipinski definition) is 4. The highest BCUT2D eigenvalue weighted by Crippen LogP contribution is 2.04. The second kappa shape index (κ2) is 18.0. The van der Waals surface area contributed by atoms with Crippen LogP contribution in [0.2, 0.25) is 0 Å². The third-order valence-corrected chi connectivity index (χ3v) is 5.86. The Kier molecular flexibility index (Phi) is 14.2. The summed E-state index contributed by atoms with van der Waals surface area (Å²) in [6, 6.07) is 10.3. The lowest BCUT2D eigenvalue weighted by molar-refractivity contribution is 0.0949. The number of anilines is 2. The number of hydrogen-bond acceptors (Lipinski definition) is 8. The summed E-state index contributed by atoms with van der Waals surface area (Å²) in [5.41, 5.74) is 9.69. The molecular weight excluding hydrogens is 628 g/mol. The first-order chi connectivity index (χ1) is 21.9. The fourth-order valence-electron chi connectivity index (χ4n) is 3.47. The number of nitrogens with two attached hydrogens (primary N) is 2. The Labute approximate surface area is 264 Å². The van der Waals surface area contributed by atoms with Crippen molar-refractivity contribution in [1.82, 2.24) is 29.7 Å². The second-order valence-electron chi connectivity index (χ2n) is 9.19. The molecule has 0 bridgehead atoms. The van der Waals surface area contributed by atoms with Crippen LogP contribution in [0.25, 0.3) is 0 Å². The predicted octanol–water partition coefficient (Wildman–Crippen LogP) is 1.36. The number of nitrogen functional groups attached to an aromatic ring is 2. The molecule has 0 fully saturated rings. The van der Waals surface area contributed by atoms with Gasteiger partial charge >= 0.3 is 11.4 Å². The summed E-state index contributed by atoms with van der Waals surface area (Å²) >= 11 is 0. The lowest BCUT2D eigenvalue weighted by Gasteiger charge is -2.03. The Morgan fingerprint density at radius 3 is 1.32 bits per heavy atom. The smallest absolute Gasteiger partial charge is 0.349 e. The quantitative estimate of drug-likeness (QED) is 0.144. The van der Waals surface area contributed by atoms with E-state index in [1.54, 1.807) is 24.3 Å². The van der Waals surface area contributed by atoms with Crippen LogP contribution in [0.1, 0.15) is 20.7 Å². The van der Waals surface area contributed by atoms with Crippen molar-refractivity contribution in [3.05, 3.63) is 141 Å². The van der Waals surface area contributed by atoms with E-state index in [9.17, 15) is 36.7 Å². The molecular formula is C30H30F4N8O5. The zero-order valence-corrected chi connectivity index (χ0v) is 24.5. The highest BCUT2D eigenvalue weighted by atomic mass is 19.1. The van der Waals surface area contributed by atoms with Gasteiger partial charge in [-0.05, 0) is 48.5 Å². The van der Waals surface area contributed by atoms with Crippen LogP contribution < -0.4 is 33.5 Å². The molecule has 0 saturated carbocycles. The van der Waals surface area contributed by atoms with E-state index >= 15 is 0 Å². The van der Waals surface area contributed by atoms with Crippen LogP contribution in [0, 0.1) is 23.3 Å². The minimum atomic E-state index is -0.775. The number of amides is 2. The first-order valence-corrected chi connectivity index (χ1v) is 13.4. The Morgan fingerprint density at radius 1 is 0.638 bits per heavy atom. The van der Waals surface area contributed by atoms with Crippen LogP contribution in [0.4, 0.5) is 29.2 Å². The Hall–Kier alpha value is -6.10. The summed E-state index contributed by atoms with van der Waals surface area (Å²) in [4.78, 5) is 53.0. The molecule has 0 aliphatic carbocycles. The third kappa shape index (κ3) is 11.7. The average Bonchev–Trinajstić information content (AvgIpc) is 3.02. The van der Waals surface area contributed by atoms with Gasteiger partial charge < -0.3 is 27.6 Å². The van der Waals surface area contributed by atoms with Gasteiger partial charge in [0.1, 0.15) is 11.6 Å². The largest absolute Gasteiger partial charge is 0.412 e. The Bertz CT molecular complexity index is 1710. The summed E-state index contributed by atoms with van der Waals surface area (Å²) in [5.74, 6) is -3.99. The second-order valence-corrected chi connectivity index (χ2v) is 9.19. The molecule has 2 amide bonds. The zero-order chi connectivity index (χ0) is 33.6. The molecule has 2 heterocycles. The van der Waals surface area contributed by atoms with Crippen molar-refractivity contribution in [2.24, 2.45) is 0 Å². The van der Waals surface area contributed by atoms with Crippen LogP contribution in [-0.4, -0.2) is 49.5 Å². The van der Waals surface area contributed by atoms with Crippen LogP contribution in [-0.2, 0) is 13.1 Å². The summed E-state index contributed by atoms with van der Waals surface area (Å²) in [5, 5.41) is 5.19. The van der Waals surface area contributed by atoms with Gasteiger partial charge in [0.05, 0.1) is 0 Å². The van der Waals surface area contributed by atoms with E-state index in [0.717, 1.165) is 21.5 Å². The molecule has 4 rings (SSSR count). The van der Waals surface area contributed by atoms with Crippen LogP contribution in [0.5, 0.6) is 0 Å². The number of nitrogens with one attached hydrogen (secondary N) is 2. The van der Waals surface area contributed by atoms with Gasteiger partial charge in [0.15, 0.2) is 23.3 Å². The number of aromatic nitrogens is 4. The van der Waals surface area contributed by atoms with E-state index in [2.05, 4.69) is 20.6 Å². The number of carbonyl (C=O) groups is 2. The molecule has 4 aromatic rings. The van der Waals surface area contributed by atoms with E-state index in [1.807, 2.05) is 0 Å². The Morgan fingerprint density at radius 2 is 0.979 bits per heavy atom. The molecule has 17 heteroatoms. The van der Waals surface area contributed by atoms with Crippen molar-refractivity contribution in [3.8, 4) is 0 Å². The number of nitrogens with zero attached hydrogens (tertiary/aromatic N) is 4. The summed E-state index contributed by atoms with van der Waals surface area (Å²) in [6.45, 7) is 0.594. The lowest BCUT2D eigenvalue weighted by atomic mass is 10.2. The first kappa shape index (κ1) is 37.1. The van der Waals surface area contributed by atoms with Crippen molar-refractivity contribution >= 4 is 23.5 Å². The summed E-state index contributed by atoms with van der Waals surface area (Å²) < 4.78 is 54.0. The van der Waals surface area contributed by atoms with Gasteiger partial charge in [0.2, 0.25) is 0 Å². The SMILES string of the molecule is Nc1nc(=O)n(C/C=C\CNC(=O)c2ccc(F)cc2)cc1F.Nc1nc(=O)n(C/C=C\CNC(=O)c2ccc(F)cc2)cc1F.O. The van der Waals surface area contributed by atoms with Gasteiger partial charge in [0, 0.05) is 49.7 Å². The number of rotatable bonds is 10. The van der Waals surface area contributed by atoms with E-state index in [-0.39, 0.29) is 43.5 Å². The molecule has 13 nitrogen and oxygen atoms in total. The molecule has 2 aromatic carbocycles. The molecule has 2 aromatic heterocycles. The number of allylic oxidation sites excluding steroid dienone is 2. The van der Waals surface area contributed by atoms with Crippen LogP contribution in [0.15, 0.2) is 94.8 Å². The normalized spacial score (nSPS) is 10.6. The number of halogens is 4. The Balaban J connectivity index is 0.000000320. The van der Waals surface area contributed by atoms with Gasteiger partial charge in [0.25, 0.3) is 11.8 Å². The minimum absolute atomic E-state index is 0. The van der Waals surface area contributed by atoms with Gasteiger partial charge in [-0.2, -0.15) is 9.97 Å². The van der Waals surface area contributed by atoms with Crippen molar-refractivity contribution in [3.63, 3.8) is 0 Å². The molecule has 0 aliphatic heterocycles. The average molecular weight is 659 g/mol. The molecule has 8 N–H and O–H groups in total. The molecule has 0 saturated heterocycles. The zero-order valence-electron chi connectivity index (χ0n) is 24.5. The van der Waals surface area contributed by atoms with E-state index in [4.69, 9.17) is 11.5 Å². The maximum atomic E-state index is 13.2. The van der Waals surface area contributed by atoms with Gasteiger partial charge in [-0.3, -0.25) is 18.7 Å². The molecule has 0 aliphatic rings. The highest BCUT2D eigenvalue weighted by Gasteiger charge is 2.06. The van der Waals surface area contributed by atoms with Gasteiger partial charge in [-0.15, -0.1) is 0 Å².